The predicted molar refractivity (Wildman–Crippen MR) is 82.5 cm³/mol. The van der Waals surface area contributed by atoms with E-state index in [2.05, 4.69) is 12.3 Å². The van der Waals surface area contributed by atoms with Crippen molar-refractivity contribution in [2.45, 2.75) is 51.5 Å². The second-order valence-corrected chi connectivity index (χ2v) is 6.64. The maximum absolute atomic E-state index is 6.28. The van der Waals surface area contributed by atoms with Crippen LogP contribution >= 0.6 is 23.2 Å². The van der Waals surface area contributed by atoms with Crippen molar-refractivity contribution in [1.82, 2.24) is 5.43 Å². The third-order valence-corrected chi connectivity index (χ3v) is 5.35. The molecule has 0 amide bonds. The Morgan fingerprint density at radius 3 is 2.58 bits per heavy atom. The lowest BCUT2D eigenvalue weighted by Crippen LogP contribution is -2.49. The monoisotopic (exact) mass is 300 g/mol. The number of nitrogens with two attached hydrogens (primary N) is 1. The van der Waals surface area contributed by atoms with Gasteiger partial charge in [-0.3, -0.25) is 11.3 Å². The lowest BCUT2D eigenvalue weighted by Gasteiger charge is -2.40. The molecule has 1 atom stereocenters. The molecule has 0 aliphatic heterocycles. The minimum absolute atomic E-state index is 0.240. The summed E-state index contributed by atoms with van der Waals surface area (Å²) in [4.78, 5) is 0. The summed E-state index contributed by atoms with van der Waals surface area (Å²) in [6, 6.07) is 6.04. The summed E-state index contributed by atoms with van der Waals surface area (Å²) in [5.41, 5.74) is 4.33. The van der Waals surface area contributed by atoms with E-state index < -0.39 is 0 Å². The van der Waals surface area contributed by atoms with Gasteiger partial charge in [0.2, 0.25) is 0 Å². The van der Waals surface area contributed by atoms with Crippen molar-refractivity contribution in [3.63, 3.8) is 0 Å². The number of hydrogen-bond acceptors (Lipinski definition) is 2. The molecule has 1 aliphatic rings. The number of rotatable bonds is 4. The average Bonchev–Trinajstić information content (AvgIpc) is 2.41. The van der Waals surface area contributed by atoms with Crippen LogP contribution in [0.4, 0.5) is 0 Å². The fraction of sp³-hybridized carbons (Fsp3) is 0.600. The molecule has 1 saturated carbocycles. The van der Waals surface area contributed by atoms with E-state index in [0.717, 1.165) is 12.0 Å². The first-order chi connectivity index (χ1) is 9.07. The third kappa shape index (κ3) is 3.43. The van der Waals surface area contributed by atoms with E-state index in [1.807, 2.05) is 18.2 Å². The fourth-order valence-electron chi connectivity index (χ4n) is 3.14. The van der Waals surface area contributed by atoms with Crippen molar-refractivity contribution in [2.75, 3.05) is 0 Å². The molecule has 0 heterocycles. The summed E-state index contributed by atoms with van der Waals surface area (Å²) in [5.74, 6) is 5.80. The maximum Gasteiger partial charge on any atom is 0.0624 e. The summed E-state index contributed by atoms with van der Waals surface area (Å²) < 4.78 is 0. The summed E-state index contributed by atoms with van der Waals surface area (Å²) >= 11 is 12.4. The van der Waals surface area contributed by atoms with Crippen LogP contribution in [0.25, 0.3) is 0 Å². The van der Waals surface area contributed by atoms with Gasteiger partial charge in [-0.15, -0.1) is 0 Å². The van der Waals surface area contributed by atoms with Crippen LogP contribution in [-0.2, 0) is 6.42 Å². The van der Waals surface area contributed by atoms with E-state index >= 15 is 0 Å². The summed E-state index contributed by atoms with van der Waals surface area (Å²) in [7, 11) is 0. The van der Waals surface area contributed by atoms with Crippen LogP contribution in [0.3, 0.4) is 0 Å². The second kappa shape index (κ2) is 6.45. The van der Waals surface area contributed by atoms with Crippen molar-refractivity contribution in [2.24, 2.45) is 11.3 Å². The van der Waals surface area contributed by atoms with Crippen molar-refractivity contribution >= 4 is 23.2 Å². The van der Waals surface area contributed by atoms with E-state index in [4.69, 9.17) is 29.0 Å². The Morgan fingerprint density at radius 2 is 1.95 bits per heavy atom. The van der Waals surface area contributed by atoms with Gasteiger partial charge in [0.05, 0.1) is 10.0 Å². The molecule has 2 nitrogen and oxygen atoms in total. The molecule has 3 N–H and O–H groups in total. The van der Waals surface area contributed by atoms with Gasteiger partial charge in [-0.05, 0) is 36.3 Å². The van der Waals surface area contributed by atoms with Gasteiger partial charge in [0.15, 0.2) is 0 Å². The van der Waals surface area contributed by atoms with Crippen LogP contribution in [0, 0.1) is 5.41 Å². The van der Waals surface area contributed by atoms with Gasteiger partial charge >= 0.3 is 0 Å². The minimum Gasteiger partial charge on any atom is -0.271 e. The lowest BCUT2D eigenvalue weighted by molar-refractivity contribution is 0.144. The molecule has 106 valence electrons. The molecule has 2 rings (SSSR count). The molecule has 0 saturated heterocycles. The van der Waals surface area contributed by atoms with Gasteiger partial charge in [0.1, 0.15) is 0 Å². The number of hydrazine groups is 1. The van der Waals surface area contributed by atoms with Crippen LogP contribution in [0.15, 0.2) is 18.2 Å². The van der Waals surface area contributed by atoms with E-state index in [-0.39, 0.29) is 11.5 Å². The topological polar surface area (TPSA) is 38.0 Å². The third-order valence-electron chi connectivity index (χ3n) is 4.49. The van der Waals surface area contributed by atoms with Crippen molar-refractivity contribution < 1.29 is 0 Å². The molecule has 1 unspecified atom stereocenters. The molecular formula is C15H22Cl2N2. The molecule has 1 fully saturated rings. The standard InChI is InChI=1S/C15H22Cl2N2/c1-15(8-3-2-4-9-15)13(19-18)10-11-6-5-7-12(16)14(11)17/h5-7,13,19H,2-4,8-10,18H2,1H3. The molecule has 1 aliphatic carbocycles. The first kappa shape index (κ1) is 15.1. The van der Waals surface area contributed by atoms with E-state index in [1.165, 1.54) is 32.1 Å². The van der Waals surface area contributed by atoms with Gasteiger partial charge in [0.25, 0.3) is 0 Å². The van der Waals surface area contributed by atoms with Crippen molar-refractivity contribution in [3.8, 4) is 0 Å². The largest absolute Gasteiger partial charge is 0.271 e. The zero-order chi connectivity index (χ0) is 13.9. The van der Waals surface area contributed by atoms with Crippen LogP contribution < -0.4 is 11.3 Å². The summed E-state index contributed by atoms with van der Waals surface area (Å²) in [6.07, 6.45) is 7.19. The van der Waals surface area contributed by atoms with Crippen LogP contribution in [-0.4, -0.2) is 6.04 Å². The lowest BCUT2D eigenvalue weighted by atomic mass is 9.69. The highest BCUT2D eigenvalue weighted by molar-refractivity contribution is 6.42. The Morgan fingerprint density at radius 1 is 1.26 bits per heavy atom. The Hall–Kier alpha value is -0.280. The zero-order valence-corrected chi connectivity index (χ0v) is 12.9. The smallest absolute Gasteiger partial charge is 0.0624 e. The average molecular weight is 301 g/mol. The molecule has 1 aromatic rings. The molecule has 0 bridgehead atoms. The highest BCUT2D eigenvalue weighted by Crippen LogP contribution is 2.40. The van der Waals surface area contributed by atoms with Crippen molar-refractivity contribution in [1.29, 1.82) is 0 Å². The normalized spacial score (nSPS) is 20.2. The number of benzene rings is 1. The highest BCUT2D eigenvalue weighted by Gasteiger charge is 2.35. The number of nitrogens with one attached hydrogen (secondary N) is 1. The zero-order valence-electron chi connectivity index (χ0n) is 11.4. The Bertz CT molecular complexity index is 428. The van der Waals surface area contributed by atoms with Gasteiger partial charge in [-0.25, -0.2) is 0 Å². The predicted octanol–water partition coefficient (Wildman–Crippen LogP) is 4.34. The van der Waals surface area contributed by atoms with Gasteiger partial charge in [0, 0.05) is 6.04 Å². The number of hydrogen-bond donors (Lipinski definition) is 2. The molecule has 0 aromatic heterocycles. The summed E-state index contributed by atoms with van der Waals surface area (Å²) in [6.45, 7) is 2.33. The number of halogens is 2. The van der Waals surface area contributed by atoms with E-state index in [9.17, 15) is 0 Å². The minimum atomic E-state index is 0.240. The molecule has 1 aromatic carbocycles. The Balaban J connectivity index is 2.16. The van der Waals surface area contributed by atoms with E-state index in [1.54, 1.807) is 0 Å². The fourth-order valence-corrected chi connectivity index (χ4v) is 3.54. The van der Waals surface area contributed by atoms with Crippen LogP contribution in [0.5, 0.6) is 0 Å². The summed E-state index contributed by atoms with van der Waals surface area (Å²) in [5, 5.41) is 1.27. The SMILES string of the molecule is CC1(C(Cc2cccc(Cl)c2Cl)NN)CCCCC1. The Labute approximate surface area is 125 Å². The second-order valence-electron chi connectivity index (χ2n) is 5.85. The van der Waals surface area contributed by atoms with Crippen LogP contribution in [0.2, 0.25) is 10.0 Å². The molecule has 19 heavy (non-hydrogen) atoms. The maximum atomic E-state index is 6.28. The van der Waals surface area contributed by atoms with Crippen molar-refractivity contribution in [3.05, 3.63) is 33.8 Å². The van der Waals surface area contributed by atoms with Crippen LogP contribution in [0.1, 0.15) is 44.6 Å². The highest BCUT2D eigenvalue weighted by atomic mass is 35.5. The molecule has 0 spiro atoms. The molecular weight excluding hydrogens is 279 g/mol. The van der Waals surface area contributed by atoms with E-state index in [0.29, 0.717) is 10.0 Å². The van der Waals surface area contributed by atoms with Gasteiger partial charge < -0.3 is 0 Å². The molecule has 0 radical (unpaired) electrons. The first-order valence-corrected chi connectivity index (χ1v) is 7.71. The quantitative estimate of drug-likeness (QED) is 0.641. The van der Waals surface area contributed by atoms with Gasteiger partial charge in [-0.1, -0.05) is 61.5 Å². The Kier molecular flexibility index (Phi) is 5.13. The first-order valence-electron chi connectivity index (χ1n) is 6.96. The molecule has 4 heteroatoms. The van der Waals surface area contributed by atoms with Gasteiger partial charge in [-0.2, -0.15) is 0 Å².